The number of hydrogen-bond donors (Lipinski definition) is 0. The molecule has 6 aromatic heterocycles. The zero-order chi connectivity index (χ0) is 95.1. The van der Waals surface area contributed by atoms with Gasteiger partial charge >= 0.3 is 0 Å². The third-order valence-electron chi connectivity index (χ3n) is 29.1. The molecule has 0 saturated carbocycles. The van der Waals surface area contributed by atoms with Crippen molar-refractivity contribution in [3.8, 4) is 64.0 Å². The Morgan fingerprint density at radius 3 is 1.03 bits per heavy atom. The van der Waals surface area contributed by atoms with Crippen molar-refractivity contribution in [2.24, 2.45) is 11.8 Å². The Balaban J connectivity index is 1.07. The van der Waals surface area contributed by atoms with Gasteiger partial charge in [0, 0.05) is 94.0 Å². The van der Waals surface area contributed by atoms with Crippen LogP contribution in [0.15, 0.2) is 180 Å². The monoisotopic (exact) mass is 1910 g/mol. The summed E-state index contributed by atoms with van der Waals surface area (Å²) in [6, 6.07) is 60.8. The molecule has 17 rings (SSSR count). The maximum absolute atomic E-state index is 18.9. The van der Waals surface area contributed by atoms with E-state index in [0.717, 1.165) is 295 Å². The molecular formula is C120H120F2N4O4S6. The number of hydrogen-bond acceptors (Lipinski definition) is 12. The van der Waals surface area contributed by atoms with Crippen LogP contribution < -0.4 is 9.47 Å². The highest BCUT2D eigenvalue weighted by Gasteiger charge is 2.55. The number of Topliss-reactive ketones (excluding diaryl/α,β-unsaturated/α-hetero) is 2. The van der Waals surface area contributed by atoms with E-state index in [2.05, 4.69) is 186 Å². The summed E-state index contributed by atoms with van der Waals surface area (Å²) >= 11 is 9.86. The van der Waals surface area contributed by atoms with Crippen molar-refractivity contribution >= 4 is 123 Å². The van der Waals surface area contributed by atoms with Gasteiger partial charge in [-0.3, -0.25) is 9.59 Å². The van der Waals surface area contributed by atoms with Gasteiger partial charge in [-0.15, -0.1) is 68.0 Å². The number of ketones is 2. The number of methoxy groups -OCH3 is 2. The average molecular weight is 1910 g/mol. The van der Waals surface area contributed by atoms with Crippen LogP contribution in [0.25, 0.3) is 93.6 Å². The Hall–Kier alpha value is -11.0. The van der Waals surface area contributed by atoms with Gasteiger partial charge in [-0.25, -0.2) is 29.0 Å². The van der Waals surface area contributed by atoms with Crippen molar-refractivity contribution in [3.63, 3.8) is 0 Å². The van der Waals surface area contributed by atoms with Crippen LogP contribution in [-0.2, 0) is 49.4 Å². The lowest BCUT2D eigenvalue weighted by atomic mass is 9.66. The molecule has 0 fully saturated rings. The topological polar surface area (TPSA) is 109 Å². The van der Waals surface area contributed by atoms with Gasteiger partial charge in [0.2, 0.25) is 0 Å². The van der Waals surface area contributed by atoms with Crippen LogP contribution in [0.3, 0.4) is 0 Å². The number of halogens is 2. The van der Waals surface area contributed by atoms with Crippen LogP contribution in [0.1, 0.15) is 328 Å². The van der Waals surface area contributed by atoms with Crippen LogP contribution in [0.5, 0.6) is 11.5 Å². The summed E-state index contributed by atoms with van der Waals surface area (Å²) in [5, 5.41) is 23.8. The smallest absolute Gasteiger partial charge is 0.270 e. The molecule has 0 saturated heterocycles. The van der Waals surface area contributed by atoms with Gasteiger partial charge in [-0.2, -0.15) is 0 Å². The number of aryl methyl sites for hydroxylation is 4. The lowest BCUT2D eigenvalue weighted by Gasteiger charge is -2.35. The van der Waals surface area contributed by atoms with Crippen LogP contribution in [0, 0.1) is 59.3 Å². The zero-order valence-electron chi connectivity index (χ0n) is 80.2. The molecule has 2 unspecified atom stereocenters. The second-order valence-electron chi connectivity index (χ2n) is 37.6. The first-order valence-electron chi connectivity index (χ1n) is 49.8. The Kier molecular flexibility index (Phi) is 30.5. The van der Waals surface area contributed by atoms with Gasteiger partial charge in [0.05, 0.1) is 69.8 Å². The molecule has 0 amide bonds. The van der Waals surface area contributed by atoms with Gasteiger partial charge in [0.15, 0.2) is 11.6 Å². The van der Waals surface area contributed by atoms with Crippen LogP contribution in [-0.4, -0.2) is 25.8 Å². The summed E-state index contributed by atoms with van der Waals surface area (Å²) in [7, 11) is 3.13. The average Bonchev–Trinajstić information content (AvgIpc) is 1.48. The Morgan fingerprint density at radius 1 is 0.404 bits per heavy atom. The Bertz CT molecular complexity index is 6440. The summed E-state index contributed by atoms with van der Waals surface area (Å²) < 4.78 is 51.2. The first-order valence-corrected chi connectivity index (χ1v) is 54.7. The molecule has 7 aromatic carbocycles. The number of rotatable bonds is 42. The van der Waals surface area contributed by atoms with Crippen molar-refractivity contribution in [2.45, 2.75) is 259 Å². The fourth-order valence-electron chi connectivity index (χ4n) is 21.8. The van der Waals surface area contributed by atoms with Crippen molar-refractivity contribution in [1.82, 2.24) is 0 Å². The van der Waals surface area contributed by atoms with E-state index in [-0.39, 0.29) is 68.7 Å². The minimum absolute atomic E-state index is 0.183. The first-order chi connectivity index (χ1) is 66.5. The molecule has 0 radical (unpaired) electrons. The summed E-state index contributed by atoms with van der Waals surface area (Å²) in [5.74, 6) is 0.326. The van der Waals surface area contributed by atoms with Crippen molar-refractivity contribution in [3.05, 3.63) is 323 Å². The molecule has 8 nitrogen and oxygen atoms in total. The molecule has 13 aromatic rings. The Morgan fingerprint density at radius 2 is 0.735 bits per heavy atom. The van der Waals surface area contributed by atoms with E-state index in [1.165, 1.54) is 22.3 Å². The van der Waals surface area contributed by atoms with Crippen LogP contribution >= 0.6 is 68.0 Å². The second kappa shape index (κ2) is 42.9. The van der Waals surface area contributed by atoms with Crippen molar-refractivity contribution in [2.75, 3.05) is 14.2 Å². The molecule has 16 heteroatoms. The SMILES string of the molecule is [C-]#[N+]/C(C#N)=C1\C(=C\c2cc3c(s2)-c2sc4c(-c5cc(F)c(CC(CC)CCCC)s5)c5c6c(sc5c(-c5cc(F)c(CC(CC)CCCC)s5)c4c2C3(c2ccc(CCCCCC)cc2)c2ccc(CCCCCC)cc2)-c2sc(/C=C3\C(=O)c4cc(OC)ccc4\C3=C(\C#N)[N+]#[C-])cc2C6(c2ccc(CCCCCC)cc2)c2ccc(CCCCCC)cc2)C(=O)c2cc(OC)ccc21. The Labute approximate surface area is 826 Å². The minimum Gasteiger partial charge on any atom is -0.497 e. The van der Waals surface area contributed by atoms with E-state index in [4.69, 9.17) is 22.6 Å². The van der Waals surface area contributed by atoms with Crippen molar-refractivity contribution < 1.29 is 27.8 Å². The highest BCUT2D eigenvalue weighted by Crippen LogP contribution is 2.71. The lowest BCUT2D eigenvalue weighted by molar-refractivity contribution is 0.103. The predicted octanol–water partition coefficient (Wildman–Crippen LogP) is 35.6. The molecule has 6 heterocycles. The number of fused-ring (bicyclic) bond motifs is 12. The number of carbonyl (C=O) groups is 2. The number of benzene rings is 7. The van der Waals surface area contributed by atoms with Gasteiger partial charge in [-0.1, -0.05) is 293 Å². The summed E-state index contributed by atoms with van der Waals surface area (Å²) in [6.07, 6.45) is 34.1. The largest absolute Gasteiger partial charge is 0.497 e. The number of nitrogens with zero attached hydrogens (tertiary/aromatic N) is 4. The highest BCUT2D eigenvalue weighted by atomic mass is 32.1. The molecule has 0 N–H and O–H groups in total. The summed E-state index contributed by atoms with van der Waals surface area (Å²) in [6.45, 7) is 35.0. The molecule has 4 aliphatic carbocycles. The number of allylic oxidation sites excluding steroid dienone is 6. The highest BCUT2D eigenvalue weighted by molar-refractivity contribution is 7.30. The molecule has 2 atom stereocenters. The molecule has 0 aliphatic heterocycles. The predicted molar refractivity (Wildman–Crippen MR) is 568 cm³/mol. The number of ether oxygens (including phenoxy) is 2. The van der Waals surface area contributed by atoms with Gasteiger partial charge < -0.3 is 9.47 Å². The van der Waals surface area contributed by atoms with Crippen LogP contribution in [0.2, 0.25) is 0 Å². The fourth-order valence-corrected chi connectivity index (χ4v) is 29.8. The number of nitriles is 2. The van der Waals surface area contributed by atoms with E-state index >= 15 is 18.4 Å². The van der Waals surface area contributed by atoms with Crippen molar-refractivity contribution in [1.29, 1.82) is 10.5 Å². The quantitative estimate of drug-likeness (QED) is 0.0163. The maximum Gasteiger partial charge on any atom is 0.270 e. The zero-order valence-corrected chi connectivity index (χ0v) is 85.1. The maximum atomic E-state index is 18.9. The third kappa shape index (κ3) is 18.0. The number of unbranched alkanes of at least 4 members (excludes halogenated alkanes) is 14. The van der Waals surface area contributed by atoms with E-state index < -0.39 is 10.8 Å². The minimum atomic E-state index is -1.16. The normalized spacial score (nSPS) is 15.5. The second-order valence-corrected chi connectivity index (χ2v) is 44.1. The summed E-state index contributed by atoms with van der Waals surface area (Å²) in [5.41, 5.74) is 15.1. The van der Waals surface area contributed by atoms with E-state index in [1.807, 2.05) is 24.3 Å². The number of thiophene rings is 6. The van der Waals surface area contributed by atoms with Gasteiger partial charge in [0.1, 0.15) is 23.1 Å². The van der Waals surface area contributed by atoms with Gasteiger partial charge in [0.25, 0.3) is 11.4 Å². The fraction of sp³-hybridized carbons (Fsp3) is 0.367. The van der Waals surface area contributed by atoms with Crippen LogP contribution in [0.4, 0.5) is 8.78 Å². The van der Waals surface area contributed by atoms with E-state index in [0.29, 0.717) is 56.3 Å². The molecule has 136 heavy (non-hydrogen) atoms. The summed E-state index contributed by atoms with van der Waals surface area (Å²) in [4.78, 5) is 47.3. The molecular weight excluding hydrogens is 1790 g/mol. The van der Waals surface area contributed by atoms with E-state index in [9.17, 15) is 10.5 Å². The molecule has 0 spiro atoms. The molecule has 4 aliphatic rings. The number of carbonyl (C=O) groups excluding carboxylic acids is 2. The lowest BCUT2D eigenvalue weighted by Crippen LogP contribution is -2.29. The standard InChI is InChI=1S/C120H120F2N4O4S6/c1-13-21-27-31-37-75-41-49-79(50-42-75)119(80-51-43-76(44-52-80)38-32-28-22-14-2)93-67-85(65-91-103(97(71-123)125-9)87-59-57-83(129-11)63-89(87)111(91)127)131-113(93)117-109(119)107-105(101-69-95(121)99(133-101)61-73(19-7)35-25-17-5)116-108(106(115(107)135-117)102-70-96(122)100(134-102)62-74(20-8)36-26-18-6)110-118(136-116)114-94(68-86(132-114)66-92-104(98(72-124)126-10)88-60-58-84(130-12)64-90(88)112(92)128)120(110,81-53-45-77(46-54-81)39-33-29-23-15-3)82-55-47-78(48-56-82)40-34-30-24-16-4/h41-60,63-70,73-74H,13-40,61-62H2,1-8,11-12H3/b91-65-,92-66-,103-97-,104-98+. The third-order valence-corrected chi connectivity index (χ3v) is 36.3. The first kappa shape index (κ1) is 96.7. The molecule has 694 valence electrons. The van der Waals surface area contributed by atoms with Gasteiger partial charge in [-0.05, 0) is 215 Å². The van der Waals surface area contributed by atoms with E-state index in [1.54, 1.807) is 119 Å². The molecule has 0 bridgehead atoms.